The van der Waals surface area contributed by atoms with Gasteiger partial charge in [-0.15, -0.1) is 0 Å². The molecule has 0 saturated carbocycles. The third-order valence-electron chi connectivity index (χ3n) is 5.47. The average molecular weight is 550 g/mol. The molecule has 1 fully saturated rings. The Hall–Kier alpha value is -4.69. The second-order valence-corrected chi connectivity index (χ2v) is 9.13. The van der Waals surface area contributed by atoms with Crippen molar-refractivity contribution in [3.63, 3.8) is 0 Å². The summed E-state index contributed by atoms with van der Waals surface area (Å²) in [5, 5.41) is 10.8. The number of imide groups is 1. The molecule has 0 radical (unpaired) electrons. The maximum absolute atomic E-state index is 13.8. The fraction of sp³-hybridized carbons (Fsp3) is 0.143. The maximum atomic E-state index is 13.8. The SMILES string of the molecule is CCOc1cc(/C=C2/SC(=O)N(CC(=O)Nc3ccc(F)cc3F)C2=O)ccc1OCc1ccccc1C#N. The van der Waals surface area contributed by atoms with Crippen LogP contribution in [0.5, 0.6) is 11.5 Å². The van der Waals surface area contributed by atoms with E-state index in [4.69, 9.17) is 9.47 Å². The highest BCUT2D eigenvalue weighted by atomic mass is 32.2. The summed E-state index contributed by atoms with van der Waals surface area (Å²) >= 11 is 0.657. The van der Waals surface area contributed by atoms with Crippen LogP contribution in [0.2, 0.25) is 0 Å². The Morgan fingerprint density at radius 2 is 1.87 bits per heavy atom. The van der Waals surface area contributed by atoms with Gasteiger partial charge in [-0.05, 0) is 60.7 Å². The molecule has 0 bridgehead atoms. The third-order valence-corrected chi connectivity index (χ3v) is 6.37. The highest BCUT2D eigenvalue weighted by molar-refractivity contribution is 8.18. The molecule has 4 rings (SSSR count). The van der Waals surface area contributed by atoms with Crippen molar-refractivity contribution in [1.82, 2.24) is 4.90 Å². The van der Waals surface area contributed by atoms with E-state index in [2.05, 4.69) is 11.4 Å². The molecule has 11 heteroatoms. The van der Waals surface area contributed by atoms with Gasteiger partial charge in [0.1, 0.15) is 24.8 Å². The number of ether oxygens (including phenoxy) is 2. The fourth-order valence-electron chi connectivity index (χ4n) is 3.62. The Balaban J connectivity index is 1.46. The molecule has 3 aromatic rings. The van der Waals surface area contributed by atoms with Crippen molar-refractivity contribution >= 4 is 40.6 Å². The normalized spacial score (nSPS) is 13.9. The predicted octanol–water partition coefficient (Wildman–Crippen LogP) is 5.49. The monoisotopic (exact) mass is 549 g/mol. The van der Waals surface area contributed by atoms with Crippen molar-refractivity contribution in [3.05, 3.63) is 93.9 Å². The summed E-state index contributed by atoms with van der Waals surface area (Å²) in [6, 6.07) is 16.8. The molecule has 0 aliphatic carbocycles. The minimum Gasteiger partial charge on any atom is -0.490 e. The zero-order valence-electron chi connectivity index (χ0n) is 20.6. The summed E-state index contributed by atoms with van der Waals surface area (Å²) in [7, 11) is 0. The molecule has 198 valence electrons. The van der Waals surface area contributed by atoms with Crippen molar-refractivity contribution < 1.29 is 32.6 Å². The Morgan fingerprint density at radius 1 is 1.08 bits per heavy atom. The van der Waals surface area contributed by atoms with Crippen LogP contribution in [-0.2, 0) is 16.2 Å². The van der Waals surface area contributed by atoms with E-state index in [0.717, 1.165) is 17.0 Å². The van der Waals surface area contributed by atoms with Crippen molar-refractivity contribution in [2.45, 2.75) is 13.5 Å². The molecular formula is C28H21F2N3O5S. The number of benzene rings is 3. The molecule has 0 aromatic heterocycles. The Morgan fingerprint density at radius 3 is 2.62 bits per heavy atom. The number of anilines is 1. The number of nitrogens with one attached hydrogen (secondary N) is 1. The van der Waals surface area contributed by atoms with E-state index in [1.807, 2.05) is 6.07 Å². The van der Waals surface area contributed by atoms with Crippen LogP contribution in [0.1, 0.15) is 23.6 Å². The van der Waals surface area contributed by atoms with Crippen LogP contribution < -0.4 is 14.8 Å². The number of amides is 3. The third kappa shape index (κ3) is 6.61. The van der Waals surface area contributed by atoms with Crippen LogP contribution in [0.4, 0.5) is 19.3 Å². The number of hydrogen-bond acceptors (Lipinski definition) is 7. The highest BCUT2D eigenvalue weighted by Gasteiger charge is 2.36. The molecule has 8 nitrogen and oxygen atoms in total. The van der Waals surface area contributed by atoms with Crippen molar-refractivity contribution in [2.75, 3.05) is 18.5 Å². The highest BCUT2D eigenvalue weighted by Crippen LogP contribution is 2.35. The fourth-order valence-corrected chi connectivity index (χ4v) is 4.46. The Bertz CT molecular complexity index is 1520. The Kier molecular flexibility index (Phi) is 8.58. The van der Waals surface area contributed by atoms with E-state index in [-0.39, 0.29) is 17.2 Å². The molecule has 0 spiro atoms. The zero-order chi connectivity index (χ0) is 27.9. The van der Waals surface area contributed by atoms with E-state index in [0.29, 0.717) is 52.6 Å². The van der Waals surface area contributed by atoms with Gasteiger partial charge in [0.2, 0.25) is 5.91 Å². The first-order valence-electron chi connectivity index (χ1n) is 11.7. The van der Waals surface area contributed by atoms with Gasteiger partial charge < -0.3 is 14.8 Å². The molecule has 1 aliphatic heterocycles. The van der Waals surface area contributed by atoms with Gasteiger partial charge in [-0.2, -0.15) is 5.26 Å². The standard InChI is InChI=1S/C28H21F2N3O5S/c1-2-37-24-11-17(7-10-23(24)38-16-19-6-4-3-5-18(19)14-31)12-25-27(35)33(28(36)39-25)15-26(34)32-22-9-8-20(29)13-21(22)30/h3-13H,2,15-16H2,1H3,(H,32,34)/b25-12+. The van der Waals surface area contributed by atoms with Gasteiger partial charge >= 0.3 is 0 Å². The number of carbonyl (C=O) groups excluding carboxylic acids is 3. The summed E-state index contributed by atoms with van der Waals surface area (Å²) < 4.78 is 38.5. The average Bonchev–Trinajstić information content (AvgIpc) is 3.17. The first-order chi connectivity index (χ1) is 18.8. The first kappa shape index (κ1) is 27.3. The van der Waals surface area contributed by atoms with Crippen molar-refractivity contribution in [2.24, 2.45) is 0 Å². The van der Waals surface area contributed by atoms with E-state index in [1.54, 1.807) is 43.3 Å². The van der Waals surface area contributed by atoms with Gasteiger partial charge in [-0.1, -0.05) is 24.3 Å². The molecule has 1 N–H and O–H groups in total. The zero-order valence-corrected chi connectivity index (χ0v) is 21.4. The lowest BCUT2D eigenvalue weighted by molar-refractivity contribution is -0.127. The van der Waals surface area contributed by atoms with Crippen LogP contribution in [-0.4, -0.2) is 35.1 Å². The molecule has 0 unspecified atom stereocenters. The molecule has 1 aliphatic rings. The summed E-state index contributed by atoms with van der Waals surface area (Å²) in [6.07, 6.45) is 1.49. The number of carbonyl (C=O) groups is 3. The minimum atomic E-state index is -0.982. The van der Waals surface area contributed by atoms with Gasteiger partial charge in [-0.25, -0.2) is 8.78 Å². The quantitative estimate of drug-likeness (QED) is 0.352. The van der Waals surface area contributed by atoms with Gasteiger partial charge in [0.05, 0.1) is 28.8 Å². The number of nitriles is 1. The topological polar surface area (TPSA) is 109 Å². The van der Waals surface area contributed by atoms with Crippen LogP contribution in [0.3, 0.4) is 0 Å². The van der Waals surface area contributed by atoms with Gasteiger partial charge in [-0.3, -0.25) is 19.3 Å². The second-order valence-electron chi connectivity index (χ2n) is 8.14. The molecule has 39 heavy (non-hydrogen) atoms. The van der Waals surface area contributed by atoms with Crippen LogP contribution in [0, 0.1) is 23.0 Å². The van der Waals surface area contributed by atoms with Crippen LogP contribution >= 0.6 is 11.8 Å². The lowest BCUT2D eigenvalue weighted by Gasteiger charge is -2.14. The smallest absolute Gasteiger partial charge is 0.294 e. The van der Waals surface area contributed by atoms with Gasteiger partial charge in [0.15, 0.2) is 11.5 Å². The number of thioether (sulfide) groups is 1. The molecule has 1 heterocycles. The predicted molar refractivity (Wildman–Crippen MR) is 141 cm³/mol. The van der Waals surface area contributed by atoms with Crippen LogP contribution in [0.25, 0.3) is 6.08 Å². The molecule has 1 saturated heterocycles. The number of rotatable bonds is 9. The summed E-state index contributed by atoms with van der Waals surface area (Å²) in [4.78, 5) is 38.4. The van der Waals surface area contributed by atoms with Crippen molar-refractivity contribution in [3.8, 4) is 17.6 Å². The van der Waals surface area contributed by atoms with E-state index < -0.39 is 35.2 Å². The maximum Gasteiger partial charge on any atom is 0.294 e. The molecule has 3 amide bonds. The van der Waals surface area contributed by atoms with Gasteiger partial charge in [0.25, 0.3) is 11.1 Å². The first-order valence-corrected chi connectivity index (χ1v) is 12.5. The van der Waals surface area contributed by atoms with E-state index >= 15 is 0 Å². The summed E-state index contributed by atoms with van der Waals surface area (Å²) in [5.41, 5.74) is 1.49. The second kappa shape index (κ2) is 12.2. The molecule has 3 aromatic carbocycles. The summed E-state index contributed by atoms with van der Waals surface area (Å²) in [5.74, 6) is -2.46. The van der Waals surface area contributed by atoms with Gasteiger partial charge in [0, 0.05) is 11.6 Å². The lowest BCUT2D eigenvalue weighted by atomic mass is 10.1. The van der Waals surface area contributed by atoms with Crippen molar-refractivity contribution in [1.29, 1.82) is 5.26 Å². The molecular weight excluding hydrogens is 528 g/mol. The summed E-state index contributed by atoms with van der Waals surface area (Å²) in [6.45, 7) is 1.65. The lowest BCUT2D eigenvalue weighted by Crippen LogP contribution is -2.36. The Labute approximate surface area is 226 Å². The van der Waals surface area contributed by atoms with Crippen LogP contribution in [0.15, 0.2) is 65.6 Å². The number of nitrogens with zero attached hydrogens (tertiary/aromatic N) is 2. The number of hydrogen-bond donors (Lipinski definition) is 1. The minimum absolute atomic E-state index is 0.0832. The molecule has 0 atom stereocenters. The largest absolute Gasteiger partial charge is 0.490 e. The number of halogens is 2. The van der Waals surface area contributed by atoms with E-state index in [9.17, 15) is 28.4 Å². The van der Waals surface area contributed by atoms with E-state index in [1.165, 1.54) is 6.08 Å².